The van der Waals surface area contributed by atoms with Crippen molar-refractivity contribution in [2.45, 2.75) is 45.1 Å². The lowest BCUT2D eigenvalue weighted by Crippen LogP contribution is -2.51. The Morgan fingerprint density at radius 1 is 1.20 bits per heavy atom. The number of hydrogen-bond donors (Lipinski definition) is 2. The van der Waals surface area contributed by atoms with Crippen molar-refractivity contribution < 1.29 is 19.5 Å². The van der Waals surface area contributed by atoms with Crippen LogP contribution in [0.4, 0.5) is 0 Å². The SMILES string of the molecule is CC(=O)N[C@H](C(=O)N1CC[C@H](C(=O)O)C1)C1CCCC1. The first-order valence-electron chi connectivity index (χ1n) is 7.27. The summed E-state index contributed by atoms with van der Waals surface area (Å²) in [5.41, 5.74) is 0. The Hall–Kier alpha value is -1.59. The summed E-state index contributed by atoms with van der Waals surface area (Å²) < 4.78 is 0. The number of aliphatic carboxylic acids is 1. The van der Waals surface area contributed by atoms with Gasteiger partial charge in [-0.15, -0.1) is 0 Å². The van der Waals surface area contributed by atoms with E-state index < -0.39 is 17.9 Å². The first-order valence-corrected chi connectivity index (χ1v) is 7.27. The van der Waals surface area contributed by atoms with E-state index in [4.69, 9.17) is 5.11 Å². The topological polar surface area (TPSA) is 86.7 Å². The van der Waals surface area contributed by atoms with Gasteiger partial charge in [-0.25, -0.2) is 0 Å². The highest BCUT2D eigenvalue weighted by Crippen LogP contribution is 2.29. The second kappa shape index (κ2) is 6.24. The summed E-state index contributed by atoms with van der Waals surface area (Å²) >= 11 is 0. The zero-order valence-corrected chi connectivity index (χ0v) is 11.8. The molecule has 0 aromatic heterocycles. The smallest absolute Gasteiger partial charge is 0.308 e. The maximum atomic E-state index is 12.6. The molecule has 0 spiro atoms. The van der Waals surface area contributed by atoms with E-state index in [-0.39, 0.29) is 24.3 Å². The fourth-order valence-corrected chi connectivity index (χ4v) is 3.25. The van der Waals surface area contributed by atoms with Crippen LogP contribution in [0, 0.1) is 11.8 Å². The maximum Gasteiger partial charge on any atom is 0.308 e. The van der Waals surface area contributed by atoms with Gasteiger partial charge >= 0.3 is 5.97 Å². The van der Waals surface area contributed by atoms with Crippen LogP contribution in [0.25, 0.3) is 0 Å². The number of amides is 2. The molecule has 0 unspecified atom stereocenters. The number of nitrogens with zero attached hydrogens (tertiary/aromatic N) is 1. The van der Waals surface area contributed by atoms with Crippen LogP contribution in [-0.4, -0.2) is 46.9 Å². The van der Waals surface area contributed by atoms with Crippen molar-refractivity contribution >= 4 is 17.8 Å². The van der Waals surface area contributed by atoms with E-state index in [0.29, 0.717) is 13.0 Å². The summed E-state index contributed by atoms with van der Waals surface area (Å²) in [5, 5.41) is 11.8. The molecule has 6 nitrogen and oxygen atoms in total. The summed E-state index contributed by atoms with van der Waals surface area (Å²) in [6.45, 7) is 2.15. The molecule has 1 saturated heterocycles. The highest BCUT2D eigenvalue weighted by Gasteiger charge is 2.38. The molecule has 0 aromatic rings. The fourth-order valence-electron chi connectivity index (χ4n) is 3.25. The molecule has 2 atom stereocenters. The largest absolute Gasteiger partial charge is 0.481 e. The van der Waals surface area contributed by atoms with E-state index in [1.54, 1.807) is 4.90 Å². The predicted octanol–water partition coefficient (Wildman–Crippen LogP) is 0.614. The van der Waals surface area contributed by atoms with Gasteiger partial charge in [-0.05, 0) is 25.2 Å². The molecule has 1 aliphatic carbocycles. The van der Waals surface area contributed by atoms with Crippen LogP contribution >= 0.6 is 0 Å². The number of carboxylic acids is 1. The van der Waals surface area contributed by atoms with Crippen LogP contribution in [0.1, 0.15) is 39.0 Å². The number of rotatable bonds is 4. The molecule has 2 fully saturated rings. The monoisotopic (exact) mass is 282 g/mol. The summed E-state index contributed by atoms with van der Waals surface area (Å²) in [7, 11) is 0. The Balaban J connectivity index is 2.02. The lowest BCUT2D eigenvalue weighted by molar-refractivity contribution is -0.142. The zero-order chi connectivity index (χ0) is 14.7. The molecule has 1 aliphatic heterocycles. The molecular formula is C14H22N2O4. The Morgan fingerprint density at radius 2 is 1.85 bits per heavy atom. The zero-order valence-electron chi connectivity index (χ0n) is 11.8. The van der Waals surface area contributed by atoms with E-state index >= 15 is 0 Å². The van der Waals surface area contributed by atoms with Crippen molar-refractivity contribution in [2.75, 3.05) is 13.1 Å². The van der Waals surface area contributed by atoms with Crippen molar-refractivity contribution in [2.24, 2.45) is 11.8 Å². The minimum Gasteiger partial charge on any atom is -0.481 e. The molecule has 2 aliphatic rings. The van der Waals surface area contributed by atoms with Crippen molar-refractivity contribution in [3.05, 3.63) is 0 Å². The molecule has 1 heterocycles. The van der Waals surface area contributed by atoms with E-state index in [0.717, 1.165) is 25.7 Å². The van der Waals surface area contributed by atoms with Gasteiger partial charge in [0.2, 0.25) is 11.8 Å². The van der Waals surface area contributed by atoms with Gasteiger partial charge in [-0.1, -0.05) is 12.8 Å². The summed E-state index contributed by atoms with van der Waals surface area (Å²) in [6, 6.07) is -0.484. The maximum absolute atomic E-state index is 12.6. The Kier molecular flexibility index (Phi) is 4.62. The van der Waals surface area contributed by atoms with Crippen molar-refractivity contribution in [3.8, 4) is 0 Å². The molecule has 6 heteroatoms. The van der Waals surface area contributed by atoms with E-state index in [1.807, 2.05) is 0 Å². The first-order chi connectivity index (χ1) is 9.49. The van der Waals surface area contributed by atoms with E-state index in [1.165, 1.54) is 6.92 Å². The molecule has 112 valence electrons. The third-order valence-electron chi connectivity index (χ3n) is 4.35. The molecule has 0 radical (unpaired) electrons. The molecule has 2 rings (SSSR count). The molecule has 0 bridgehead atoms. The highest BCUT2D eigenvalue weighted by atomic mass is 16.4. The fraction of sp³-hybridized carbons (Fsp3) is 0.786. The Bertz CT molecular complexity index is 404. The molecule has 20 heavy (non-hydrogen) atoms. The van der Waals surface area contributed by atoms with Gasteiger partial charge in [0.05, 0.1) is 5.92 Å². The standard InChI is InChI=1S/C14H22N2O4/c1-9(17)15-12(10-4-2-3-5-10)13(18)16-7-6-11(8-16)14(19)20/h10-12H,2-8H2,1H3,(H,15,17)(H,19,20)/t11-,12-/m0/s1. The van der Waals surface area contributed by atoms with Crippen LogP contribution in [0.15, 0.2) is 0 Å². The van der Waals surface area contributed by atoms with E-state index in [2.05, 4.69) is 5.32 Å². The quantitative estimate of drug-likeness (QED) is 0.791. The molecule has 2 amide bonds. The third-order valence-corrected chi connectivity index (χ3v) is 4.35. The molecule has 2 N–H and O–H groups in total. The lowest BCUT2D eigenvalue weighted by atomic mass is 9.96. The normalized spacial score (nSPS) is 24.6. The highest BCUT2D eigenvalue weighted by molar-refractivity contribution is 5.88. The second-order valence-electron chi connectivity index (χ2n) is 5.83. The van der Waals surface area contributed by atoms with Gasteiger partial charge in [-0.3, -0.25) is 14.4 Å². The summed E-state index contributed by atoms with van der Waals surface area (Å²) in [6.07, 6.45) is 4.58. The average molecular weight is 282 g/mol. The molecular weight excluding hydrogens is 260 g/mol. The van der Waals surface area contributed by atoms with Crippen LogP contribution in [-0.2, 0) is 14.4 Å². The van der Waals surface area contributed by atoms with Crippen molar-refractivity contribution in [1.29, 1.82) is 0 Å². The summed E-state index contributed by atoms with van der Waals surface area (Å²) in [5.74, 6) is -1.45. The van der Waals surface area contributed by atoms with Gasteiger partial charge < -0.3 is 15.3 Å². The molecule has 0 aromatic carbocycles. The van der Waals surface area contributed by atoms with Gasteiger partial charge in [0, 0.05) is 20.0 Å². The number of carbonyl (C=O) groups excluding carboxylic acids is 2. The lowest BCUT2D eigenvalue weighted by Gasteiger charge is -2.28. The third kappa shape index (κ3) is 3.29. The van der Waals surface area contributed by atoms with Gasteiger partial charge in [0.1, 0.15) is 6.04 Å². The van der Waals surface area contributed by atoms with Crippen LogP contribution in [0.5, 0.6) is 0 Å². The number of hydrogen-bond acceptors (Lipinski definition) is 3. The average Bonchev–Trinajstić information content (AvgIpc) is 3.05. The van der Waals surface area contributed by atoms with Crippen molar-refractivity contribution in [1.82, 2.24) is 10.2 Å². The van der Waals surface area contributed by atoms with Gasteiger partial charge in [0.25, 0.3) is 0 Å². The van der Waals surface area contributed by atoms with Gasteiger partial charge in [0.15, 0.2) is 0 Å². The Morgan fingerprint density at radius 3 is 2.35 bits per heavy atom. The minimum absolute atomic E-state index is 0.115. The number of likely N-dealkylation sites (tertiary alicyclic amines) is 1. The number of carbonyl (C=O) groups is 3. The Labute approximate surface area is 118 Å². The number of carboxylic acid groups (broad SMARTS) is 1. The summed E-state index contributed by atoms with van der Waals surface area (Å²) in [4.78, 5) is 36.4. The predicted molar refractivity (Wildman–Crippen MR) is 71.9 cm³/mol. The molecule has 1 saturated carbocycles. The van der Waals surface area contributed by atoms with Crippen LogP contribution < -0.4 is 5.32 Å². The van der Waals surface area contributed by atoms with Crippen LogP contribution in [0.3, 0.4) is 0 Å². The van der Waals surface area contributed by atoms with Gasteiger partial charge in [-0.2, -0.15) is 0 Å². The van der Waals surface area contributed by atoms with E-state index in [9.17, 15) is 14.4 Å². The van der Waals surface area contributed by atoms with Crippen molar-refractivity contribution in [3.63, 3.8) is 0 Å². The first kappa shape index (κ1) is 14.8. The second-order valence-corrected chi connectivity index (χ2v) is 5.83. The number of nitrogens with one attached hydrogen (secondary N) is 1. The minimum atomic E-state index is -0.850. The van der Waals surface area contributed by atoms with Crippen LogP contribution in [0.2, 0.25) is 0 Å².